The Balaban J connectivity index is 2.37. The van der Waals surface area contributed by atoms with Crippen LogP contribution in [0.25, 0.3) is 0 Å². The summed E-state index contributed by atoms with van der Waals surface area (Å²) in [6, 6.07) is 3.80. The van der Waals surface area contributed by atoms with Crippen molar-refractivity contribution < 1.29 is 18.3 Å². The standard InChI is InChI=1S/C11H12F2O2/c12-9-5-4-6-10(11(9)13)15-8-3-1-2-7-14/h4-7H,1-3,8H2. The summed E-state index contributed by atoms with van der Waals surface area (Å²) in [5, 5.41) is 0. The first-order chi connectivity index (χ1) is 7.25. The molecular formula is C11H12F2O2. The Morgan fingerprint density at radius 2 is 2.07 bits per heavy atom. The van der Waals surface area contributed by atoms with Crippen molar-refractivity contribution in [3.63, 3.8) is 0 Å². The largest absolute Gasteiger partial charge is 0.490 e. The summed E-state index contributed by atoms with van der Waals surface area (Å²) < 4.78 is 30.8. The summed E-state index contributed by atoms with van der Waals surface area (Å²) >= 11 is 0. The van der Waals surface area contributed by atoms with Gasteiger partial charge in [-0.05, 0) is 25.0 Å². The average molecular weight is 214 g/mol. The SMILES string of the molecule is O=CCCCCOc1cccc(F)c1F. The van der Waals surface area contributed by atoms with E-state index in [9.17, 15) is 13.6 Å². The molecule has 0 heterocycles. The van der Waals surface area contributed by atoms with Crippen LogP contribution in [0, 0.1) is 11.6 Å². The van der Waals surface area contributed by atoms with Gasteiger partial charge in [0.05, 0.1) is 6.61 Å². The molecular weight excluding hydrogens is 202 g/mol. The molecule has 1 aromatic rings. The van der Waals surface area contributed by atoms with Crippen molar-refractivity contribution in [2.24, 2.45) is 0 Å². The van der Waals surface area contributed by atoms with E-state index in [1.807, 2.05) is 0 Å². The number of hydrogen-bond acceptors (Lipinski definition) is 2. The molecule has 0 unspecified atom stereocenters. The van der Waals surface area contributed by atoms with Crippen LogP contribution in [0.4, 0.5) is 8.78 Å². The summed E-state index contributed by atoms with van der Waals surface area (Å²) in [7, 11) is 0. The predicted molar refractivity (Wildman–Crippen MR) is 51.8 cm³/mol. The van der Waals surface area contributed by atoms with Crippen LogP contribution in [0.5, 0.6) is 5.75 Å². The molecule has 0 fully saturated rings. The van der Waals surface area contributed by atoms with Crippen molar-refractivity contribution in [2.75, 3.05) is 6.61 Å². The number of halogens is 2. The molecule has 0 aliphatic carbocycles. The number of benzene rings is 1. The maximum atomic E-state index is 13.0. The van der Waals surface area contributed by atoms with Crippen LogP contribution in [-0.4, -0.2) is 12.9 Å². The second-order valence-corrected chi connectivity index (χ2v) is 3.06. The van der Waals surface area contributed by atoms with Crippen molar-refractivity contribution in [1.82, 2.24) is 0 Å². The third-order valence-corrected chi connectivity index (χ3v) is 1.89. The summed E-state index contributed by atoms with van der Waals surface area (Å²) in [4.78, 5) is 9.99. The molecule has 0 N–H and O–H groups in total. The molecule has 0 spiro atoms. The zero-order valence-electron chi connectivity index (χ0n) is 8.21. The second-order valence-electron chi connectivity index (χ2n) is 3.06. The Kier molecular flexibility index (Phi) is 4.74. The lowest BCUT2D eigenvalue weighted by Crippen LogP contribution is -2.00. The molecule has 0 amide bonds. The van der Waals surface area contributed by atoms with Gasteiger partial charge in [-0.25, -0.2) is 4.39 Å². The van der Waals surface area contributed by atoms with Crippen LogP contribution in [0.2, 0.25) is 0 Å². The van der Waals surface area contributed by atoms with Crippen molar-refractivity contribution in [2.45, 2.75) is 19.3 Å². The lowest BCUT2D eigenvalue weighted by Gasteiger charge is -2.06. The Bertz CT molecular complexity index is 326. The molecule has 4 heteroatoms. The molecule has 82 valence electrons. The van der Waals surface area contributed by atoms with Crippen molar-refractivity contribution in [3.8, 4) is 5.75 Å². The molecule has 0 radical (unpaired) electrons. The number of carbonyl (C=O) groups is 1. The van der Waals surface area contributed by atoms with Crippen LogP contribution in [0.15, 0.2) is 18.2 Å². The maximum absolute atomic E-state index is 13.0. The van der Waals surface area contributed by atoms with Crippen LogP contribution in [-0.2, 0) is 4.79 Å². The van der Waals surface area contributed by atoms with Gasteiger partial charge in [0.1, 0.15) is 6.29 Å². The monoisotopic (exact) mass is 214 g/mol. The zero-order chi connectivity index (χ0) is 11.1. The van der Waals surface area contributed by atoms with Gasteiger partial charge in [0, 0.05) is 6.42 Å². The summed E-state index contributed by atoms with van der Waals surface area (Å²) in [6.45, 7) is 0.286. The molecule has 0 saturated carbocycles. The minimum atomic E-state index is -0.965. The second kappa shape index (κ2) is 6.11. The lowest BCUT2D eigenvalue weighted by molar-refractivity contribution is -0.107. The summed E-state index contributed by atoms with van der Waals surface area (Å²) in [6.07, 6.45) is 2.63. The number of hydrogen-bond donors (Lipinski definition) is 0. The van der Waals surface area contributed by atoms with Gasteiger partial charge in [-0.3, -0.25) is 0 Å². The molecule has 2 nitrogen and oxygen atoms in total. The molecule has 0 aliphatic heterocycles. The van der Waals surface area contributed by atoms with Gasteiger partial charge >= 0.3 is 0 Å². The highest BCUT2D eigenvalue weighted by Crippen LogP contribution is 2.19. The lowest BCUT2D eigenvalue weighted by atomic mass is 10.2. The topological polar surface area (TPSA) is 26.3 Å². The third-order valence-electron chi connectivity index (χ3n) is 1.89. The van der Waals surface area contributed by atoms with Gasteiger partial charge in [0.15, 0.2) is 11.6 Å². The van der Waals surface area contributed by atoms with E-state index in [-0.39, 0.29) is 12.4 Å². The number of rotatable bonds is 6. The predicted octanol–water partition coefficient (Wildman–Crippen LogP) is 2.71. The van der Waals surface area contributed by atoms with Gasteiger partial charge in [-0.2, -0.15) is 4.39 Å². The first-order valence-corrected chi connectivity index (χ1v) is 4.76. The number of ether oxygens (including phenoxy) is 1. The average Bonchev–Trinajstić information content (AvgIpc) is 2.24. The van der Waals surface area contributed by atoms with E-state index in [4.69, 9.17) is 4.74 Å². The summed E-state index contributed by atoms with van der Waals surface area (Å²) in [5.41, 5.74) is 0. The van der Waals surface area contributed by atoms with E-state index in [0.717, 1.165) is 12.4 Å². The minimum Gasteiger partial charge on any atom is -0.490 e. The molecule has 0 atom stereocenters. The first-order valence-electron chi connectivity index (χ1n) is 4.76. The van der Waals surface area contributed by atoms with Gasteiger partial charge < -0.3 is 9.53 Å². The zero-order valence-corrected chi connectivity index (χ0v) is 8.21. The van der Waals surface area contributed by atoms with Crippen LogP contribution < -0.4 is 4.74 Å². The fourth-order valence-electron chi connectivity index (χ4n) is 1.11. The maximum Gasteiger partial charge on any atom is 0.200 e. The normalized spacial score (nSPS) is 10.0. The van der Waals surface area contributed by atoms with E-state index >= 15 is 0 Å². The Hall–Kier alpha value is -1.45. The molecule has 0 saturated heterocycles. The van der Waals surface area contributed by atoms with Gasteiger partial charge in [-0.15, -0.1) is 0 Å². The molecule has 1 rings (SSSR count). The van der Waals surface area contributed by atoms with E-state index < -0.39 is 11.6 Å². The van der Waals surface area contributed by atoms with Crippen molar-refractivity contribution in [1.29, 1.82) is 0 Å². The van der Waals surface area contributed by atoms with Crippen LogP contribution >= 0.6 is 0 Å². The fourth-order valence-corrected chi connectivity index (χ4v) is 1.11. The van der Waals surface area contributed by atoms with Gasteiger partial charge in [-0.1, -0.05) is 6.07 Å². The highest BCUT2D eigenvalue weighted by Gasteiger charge is 2.07. The molecule has 15 heavy (non-hydrogen) atoms. The number of carbonyl (C=O) groups excluding carboxylic acids is 1. The van der Waals surface area contributed by atoms with E-state index in [0.29, 0.717) is 19.3 Å². The first kappa shape index (κ1) is 11.6. The van der Waals surface area contributed by atoms with E-state index in [2.05, 4.69) is 0 Å². The van der Waals surface area contributed by atoms with Crippen molar-refractivity contribution in [3.05, 3.63) is 29.8 Å². The van der Waals surface area contributed by atoms with Gasteiger partial charge in [0.2, 0.25) is 5.82 Å². The van der Waals surface area contributed by atoms with Gasteiger partial charge in [0.25, 0.3) is 0 Å². The Morgan fingerprint density at radius 1 is 1.27 bits per heavy atom. The molecule has 0 aliphatic rings. The molecule has 0 aromatic heterocycles. The Labute approximate surface area is 86.9 Å². The number of unbranched alkanes of at least 4 members (excludes halogenated alkanes) is 2. The molecule has 1 aromatic carbocycles. The minimum absolute atomic E-state index is 0.0823. The quantitative estimate of drug-likeness (QED) is 0.537. The van der Waals surface area contributed by atoms with E-state index in [1.165, 1.54) is 12.1 Å². The highest BCUT2D eigenvalue weighted by atomic mass is 19.2. The smallest absolute Gasteiger partial charge is 0.200 e. The summed E-state index contributed by atoms with van der Waals surface area (Å²) in [5.74, 6) is -1.96. The number of aldehydes is 1. The van der Waals surface area contributed by atoms with Crippen molar-refractivity contribution >= 4 is 6.29 Å². The highest BCUT2D eigenvalue weighted by molar-refractivity contribution is 5.48. The van der Waals surface area contributed by atoms with E-state index in [1.54, 1.807) is 0 Å². The molecule has 0 bridgehead atoms. The third kappa shape index (κ3) is 3.65. The fraction of sp³-hybridized carbons (Fsp3) is 0.364. The Morgan fingerprint density at radius 3 is 2.80 bits per heavy atom. The van der Waals surface area contributed by atoms with Crippen LogP contribution in [0.3, 0.4) is 0 Å². The van der Waals surface area contributed by atoms with Crippen LogP contribution in [0.1, 0.15) is 19.3 Å².